The zero-order chi connectivity index (χ0) is 15.7. The van der Waals surface area contributed by atoms with Crippen LogP contribution >= 0.6 is 11.8 Å². The molecule has 1 aromatic rings. The van der Waals surface area contributed by atoms with Crippen LogP contribution in [0.5, 0.6) is 0 Å². The maximum atomic E-state index is 14.0. The molecule has 2 rings (SSSR count). The van der Waals surface area contributed by atoms with Gasteiger partial charge in [-0.1, -0.05) is 19.9 Å². The summed E-state index contributed by atoms with van der Waals surface area (Å²) in [5.74, 6) is -0.111. The highest BCUT2D eigenvalue weighted by atomic mass is 32.2. The molecule has 118 valence electrons. The fourth-order valence-electron chi connectivity index (χ4n) is 2.23. The van der Waals surface area contributed by atoms with Crippen molar-refractivity contribution >= 4 is 21.8 Å². The van der Waals surface area contributed by atoms with E-state index < -0.39 is 15.8 Å². The summed E-state index contributed by atoms with van der Waals surface area (Å²) < 4.78 is 40.6. The molecule has 0 atom stereocenters. The Morgan fingerprint density at radius 2 is 2.10 bits per heavy atom. The van der Waals surface area contributed by atoms with Gasteiger partial charge in [-0.2, -0.15) is 16.1 Å². The number of hydrogen-bond donors (Lipinski definition) is 1. The van der Waals surface area contributed by atoms with Gasteiger partial charge in [-0.3, -0.25) is 0 Å². The third-order valence-corrected chi connectivity index (χ3v) is 6.90. The van der Waals surface area contributed by atoms with Crippen LogP contribution in [-0.2, 0) is 16.6 Å². The van der Waals surface area contributed by atoms with Gasteiger partial charge in [0, 0.05) is 23.6 Å². The summed E-state index contributed by atoms with van der Waals surface area (Å²) in [6.45, 7) is 4.64. The molecule has 0 aliphatic carbocycles. The Labute approximate surface area is 129 Å². The number of halogens is 1. The summed E-state index contributed by atoms with van der Waals surface area (Å²) in [5, 5.41) is 8.97. The number of benzene rings is 1. The lowest BCUT2D eigenvalue weighted by atomic mass is 10.1. The van der Waals surface area contributed by atoms with E-state index in [1.807, 2.05) is 0 Å². The maximum Gasteiger partial charge on any atom is 0.246 e. The van der Waals surface area contributed by atoms with Gasteiger partial charge in [-0.25, -0.2) is 12.8 Å². The zero-order valence-corrected chi connectivity index (χ0v) is 13.8. The Bertz CT molecular complexity index is 617. The lowest BCUT2D eigenvalue weighted by Gasteiger charge is -2.22. The molecule has 21 heavy (non-hydrogen) atoms. The quantitative estimate of drug-likeness (QED) is 0.921. The first-order chi connectivity index (χ1) is 9.76. The van der Waals surface area contributed by atoms with Crippen LogP contribution < -0.4 is 0 Å². The number of thioether (sulfide) groups is 1. The summed E-state index contributed by atoms with van der Waals surface area (Å²) >= 11 is 1.73. The van der Waals surface area contributed by atoms with E-state index in [4.69, 9.17) is 5.11 Å². The van der Waals surface area contributed by atoms with Crippen LogP contribution in [0.15, 0.2) is 23.1 Å². The van der Waals surface area contributed by atoms with Crippen LogP contribution in [0.4, 0.5) is 4.39 Å². The molecule has 7 heteroatoms. The second kappa shape index (κ2) is 6.24. The van der Waals surface area contributed by atoms with Crippen LogP contribution in [0.1, 0.15) is 25.8 Å². The fourth-order valence-corrected chi connectivity index (χ4v) is 4.94. The number of nitrogens with zero attached hydrogens (tertiary/aromatic N) is 1. The van der Waals surface area contributed by atoms with Gasteiger partial charge in [-0.05, 0) is 24.1 Å². The number of aliphatic hydroxyl groups is 1. The lowest BCUT2D eigenvalue weighted by Crippen LogP contribution is -2.34. The van der Waals surface area contributed by atoms with Crippen molar-refractivity contribution in [1.29, 1.82) is 0 Å². The van der Waals surface area contributed by atoms with Gasteiger partial charge in [0.25, 0.3) is 0 Å². The molecule has 1 saturated heterocycles. The summed E-state index contributed by atoms with van der Waals surface area (Å²) in [6.07, 6.45) is 0.729. The largest absolute Gasteiger partial charge is 0.392 e. The summed E-state index contributed by atoms with van der Waals surface area (Å²) in [7, 11) is -3.83. The van der Waals surface area contributed by atoms with Crippen LogP contribution in [-0.4, -0.2) is 41.4 Å². The van der Waals surface area contributed by atoms with Gasteiger partial charge < -0.3 is 5.11 Å². The highest BCUT2D eigenvalue weighted by Gasteiger charge is 2.32. The van der Waals surface area contributed by atoms with Crippen LogP contribution in [0.2, 0.25) is 0 Å². The molecule has 4 nitrogen and oxygen atoms in total. The average molecular weight is 333 g/mol. The van der Waals surface area contributed by atoms with Crippen molar-refractivity contribution in [3.05, 3.63) is 29.6 Å². The molecule has 1 fully saturated rings. The van der Waals surface area contributed by atoms with Gasteiger partial charge in [-0.15, -0.1) is 0 Å². The van der Waals surface area contributed by atoms with Gasteiger partial charge in [0.15, 0.2) is 0 Å². The molecule has 0 radical (unpaired) electrons. The molecule has 1 heterocycles. The number of sulfonamides is 1. The molecule has 1 aromatic carbocycles. The first-order valence-electron chi connectivity index (χ1n) is 6.80. The van der Waals surface area contributed by atoms with Gasteiger partial charge in [0.05, 0.1) is 6.61 Å². The van der Waals surface area contributed by atoms with E-state index >= 15 is 0 Å². The fraction of sp³-hybridized carbons (Fsp3) is 0.571. The maximum absolute atomic E-state index is 14.0. The van der Waals surface area contributed by atoms with Crippen LogP contribution in [0.25, 0.3) is 0 Å². The zero-order valence-electron chi connectivity index (χ0n) is 12.2. The minimum atomic E-state index is -3.83. The van der Waals surface area contributed by atoms with E-state index in [2.05, 4.69) is 13.8 Å². The number of aliphatic hydroxyl groups excluding tert-OH is 1. The SMILES string of the molecule is CC1(C)CCN(S(=O)(=O)c2ccc(CO)cc2F)CCS1. The highest BCUT2D eigenvalue weighted by Crippen LogP contribution is 2.32. The van der Waals surface area contributed by atoms with Gasteiger partial charge >= 0.3 is 0 Å². The summed E-state index contributed by atoms with van der Waals surface area (Å²) in [4.78, 5) is -0.315. The minimum Gasteiger partial charge on any atom is -0.392 e. The average Bonchev–Trinajstić information content (AvgIpc) is 2.59. The van der Waals surface area contributed by atoms with Crippen LogP contribution in [0.3, 0.4) is 0 Å². The van der Waals surface area contributed by atoms with Crippen molar-refractivity contribution in [2.75, 3.05) is 18.8 Å². The number of hydrogen-bond acceptors (Lipinski definition) is 4. The van der Waals surface area contributed by atoms with Crippen molar-refractivity contribution in [2.24, 2.45) is 0 Å². The van der Waals surface area contributed by atoms with Crippen molar-refractivity contribution in [3.8, 4) is 0 Å². The first-order valence-corrected chi connectivity index (χ1v) is 9.22. The molecule has 0 unspecified atom stereocenters. The monoisotopic (exact) mass is 333 g/mol. The molecule has 0 saturated carbocycles. The van der Waals surface area contributed by atoms with E-state index in [-0.39, 0.29) is 16.2 Å². The third-order valence-electron chi connectivity index (χ3n) is 3.59. The Balaban J connectivity index is 2.29. The minimum absolute atomic E-state index is 0.0313. The van der Waals surface area contributed by atoms with Crippen LogP contribution in [0, 0.1) is 5.82 Å². The normalized spacial score (nSPS) is 20.2. The molecular formula is C14H20FNO3S2. The Kier molecular flexibility index (Phi) is 4.97. The third kappa shape index (κ3) is 3.77. The van der Waals surface area contributed by atoms with Crippen molar-refractivity contribution in [1.82, 2.24) is 4.31 Å². The van der Waals surface area contributed by atoms with Gasteiger partial charge in [0.2, 0.25) is 10.0 Å². The molecule has 1 aliphatic rings. The van der Waals surface area contributed by atoms with E-state index in [1.54, 1.807) is 11.8 Å². The molecule has 0 amide bonds. The number of rotatable bonds is 3. The topological polar surface area (TPSA) is 57.6 Å². The second-order valence-electron chi connectivity index (χ2n) is 5.69. The first kappa shape index (κ1) is 16.7. The van der Waals surface area contributed by atoms with Crippen molar-refractivity contribution in [3.63, 3.8) is 0 Å². The lowest BCUT2D eigenvalue weighted by molar-refractivity contribution is 0.281. The smallest absolute Gasteiger partial charge is 0.246 e. The molecule has 1 aliphatic heterocycles. The van der Waals surface area contributed by atoms with E-state index in [0.717, 1.165) is 12.5 Å². The Hall–Kier alpha value is -0.630. The molecule has 1 N–H and O–H groups in total. The van der Waals surface area contributed by atoms with E-state index in [1.165, 1.54) is 16.4 Å². The predicted octanol–water partition coefficient (Wildman–Crippen LogP) is 2.22. The Morgan fingerprint density at radius 3 is 2.71 bits per heavy atom. The van der Waals surface area contributed by atoms with Crippen molar-refractivity contribution < 1.29 is 17.9 Å². The summed E-state index contributed by atoms with van der Waals surface area (Å²) in [6, 6.07) is 3.75. The molecule has 0 spiro atoms. The Morgan fingerprint density at radius 1 is 1.38 bits per heavy atom. The van der Waals surface area contributed by atoms with Crippen molar-refractivity contribution in [2.45, 2.75) is 36.5 Å². The highest BCUT2D eigenvalue weighted by molar-refractivity contribution is 8.00. The van der Waals surface area contributed by atoms with E-state index in [0.29, 0.717) is 24.4 Å². The van der Waals surface area contributed by atoms with E-state index in [9.17, 15) is 12.8 Å². The predicted molar refractivity (Wildman–Crippen MR) is 82.2 cm³/mol. The molecule has 0 bridgehead atoms. The van der Waals surface area contributed by atoms with Gasteiger partial charge in [0.1, 0.15) is 10.7 Å². The molecular weight excluding hydrogens is 313 g/mol. The standard InChI is InChI=1S/C14H20FNO3S2/c1-14(2)5-6-16(7-8-20-14)21(18,19)13-4-3-11(10-17)9-12(13)15/h3-4,9,17H,5-8,10H2,1-2H3. The second-order valence-corrected chi connectivity index (χ2v) is 9.39. The summed E-state index contributed by atoms with van der Waals surface area (Å²) in [5.41, 5.74) is 0.360. The molecule has 0 aromatic heterocycles.